The number of primary amides is 1. The van der Waals surface area contributed by atoms with Gasteiger partial charge in [0.15, 0.2) is 11.4 Å². The minimum absolute atomic E-state index is 0.166. The van der Waals surface area contributed by atoms with Gasteiger partial charge < -0.3 is 15.0 Å². The number of imidazole rings is 1. The molecule has 160 valence electrons. The standard InChI is InChI=1S/C19H20F3N5O2S/c1-5-30-13-6-10(29-18(2,3)17(23)28)8-25-15(13)16-26-11-7-14(19(20,21)22)24-9-12(11)27(16)4/h6-9H,5H2,1-4H3,(H2,23,28). The van der Waals surface area contributed by atoms with Crippen LogP contribution in [0.25, 0.3) is 22.6 Å². The highest BCUT2D eigenvalue weighted by molar-refractivity contribution is 7.99. The summed E-state index contributed by atoms with van der Waals surface area (Å²) in [6.45, 7) is 5.04. The highest BCUT2D eigenvalue weighted by Crippen LogP contribution is 2.35. The molecule has 0 saturated carbocycles. The summed E-state index contributed by atoms with van der Waals surface area (Å²) in [7, 11) is 1.68. The van der Waals surface area contributed by atoms with Crippen LogP contribution in [0.15, 0.2) is 29.4 Å². The predicted molar refractivity (Wildman–Crippen MR) is 107 cm³/mol. The van der Waals surface area contributed by atoms with E-state index in [0.29, 0.717) is 33.4 Å². The van der Waals surface area contributed by atoms with Gasteiger partial charge in [-0.1, -0.05) is 6.92 Å². The van der Waals surface area contributed by atoms with Gasteiger partial charge in [0.25, 0.3) is 5.91 Å². The molecule has 3 heterocycles. The second-order valence-electron chi connectivity index (χ2n) is 6.98. The van der Waals surface area contributed by atoms with E-state index in [1.807, 2.05) is 6.92 Å². The second-order valence-corrected chi connectivity index (χ2v) is 8.28. The summed E-state index contributed by atoms with van der Waals surface area (Å²) >= 11 is 1.46. The molecule has 7 nitrogen and oxygen atoms in total. The number of fused-ring (bicyclic) bond motifs is 1. The lowest BCUT2D eigenvalue weighted by Gasteiger charge is -2.23. The smallest absolute Gasteiger partial charge is 0.433 e. The van der Waals surface area contributed by atoms with Crippen LogP contribution in [0.5, 0.6) is 5.75 Å². The zero-order valence-corrected chi connectivity index (χ0v) is 17.6. The highest BCUT2D eigenvalue weighted by atomic mass is 32.2. The van der Waals surface area contributed by atoms with Gasteiger partial charge in [-0.15, -0.1) is 11.8 Å². The van der Waals surface area contributed by atoms with E-state index >= 15 is 0 Å². The van der Waals surface area contributed by atoms with Gasteiger partial charge in [0.05, 0.1) is 23.4 Å². The summed E-state index contributed by atoms with van der Waals surface area (Å²) < 4.78 is 46.3. The maximum Gasteiger partial charge on any atom is 0.433 e. The normalized spacial score (nSPS) is 12.4. The van der Waals surface area contributed by atoms with Gasteiger partial charge >= 0.3 is 6.18 Å². The molecule has 0 atom stereocenters. The number of carbonyl (C=O) groups is 1. The number of thioether (sulfide) groups is 1. The average molecular weight is 439 g/mol. The SMILES string of the molecule is CCSc1cc(OC(C)(C)C(N)=O)cnc1-c1nc2cc(C(F)(F)F)ncc2n1C. The Morgan fingerprint density at radius 1 is 1.23 bits per heavy atom. The number of amides is 1. The lowest BCUT2D eigenvalue weighted by molar-refractivity contribution is -0.141. The third-order valence-electron chi connectivity index (χ3n) is 4.36. The van der Waals surface area contributed by atoms with Crippen LogP contribution in [0, 0.1) is 0 Å². The van der Waals surface area contributed by atoms with Crippen LogP contribution in [-0.4, -0.2) is 36.8 Å². The topological polar surface area (TPSA) is 95.9 Å². The predicted octanol–water partition coefficient (Wildman–Crippen LogP) is 3.80. The maximum absolute atomic E-state index is 13.0. The fourth-order valence-corrected chi connectivity index (χ4v) is 3.51. The van der Waals surface area contributed by atoms with Crippen molar-refractivity contribution in [3.05, 3.63) is 30.2 Å². The molecule has 0 bridgehead atoms. The molecule has 3 aromatic rings. The van der Waals surface area contributed by atoms with Crippen LogP contribution < -0.4 is 10.5 Å². The van der Waals surface area contributed by atoms with Crippen molar-refractivity contribution < 1.29 is 22.7 Å². The molecule has 30 heavy (non-hydrogen) atoms. The zero-order chi connectivity index (χ0) is 22.3. The molecule has 0 aliphatic heterocycles. The van der Waals surface area contributed by atoms with Crippen molar-refractivity contribution in [3.63, 3.8) is 0 Å². The van der Waals surface area contributed by atoms with E-state index in [2.05, 4.69) is 15.0 Å². The quantitative estimate of drug-likeness (QED) is 0.587. The van der Waals surface area contributed by atoms with Crippen molar-refractivity contribution in [2.24, 2.45) is 12.8 Å². The van der Waals surface area contributed by atoms with Crippen LogP contribution >= 0.6 is 11.8 Å². The Morgan fingerprint density at radius 2 is 1.93 bits per heavy atom. The molecule has 0 saturated heterocycles. The summed E-state index contributed by atoms with van der Waals surface area (Å²) in [5.74, 6) is 0.821. The van der Waals surface area contributed by atoms with Crippen molar-refractivity contribution in [1.82, 2.24) is 19.5 Å². The van der Waals surface area contributed by atoms with Gasteiger partial charge in [-0.2, -0.15) is 13.2 Å². The lowest BCUT2D eigenvalue weighted by atomic mass is 10.1. The van der Waals surface area contributed by atoms with Crippen LogP contribution in [0.4, 0.5) is 13.2 Å². The van der Waals surface area contributed by atoms with E-state index in [4.69, 9.17) is 10.5 Å². The number of pyridine rings is 2. The summed E-state index contributed by atoms with van der Waals surface area (Å²) in [5, 5.41) is 0. The fraction of sp³-hybridized carbons (Fsp3) is 0.368. The van der Waals surface area contributed by atoms with Crippen molar-refractivity contribution in [2.75, 3.05) is 5.75 Å². The molecule has 0 fully saturated rings. The van der Waals surface area contributed by atoms with E-state index in [1.165, 1.54) is 18.0 Å². The summed E-state index contributed by atoms with van der Waals surface area (Å²) in [6, 6.07) is 2.62. The Bertz CT molecular complexity index is 1110. The van der Waals surface area contributed by atoms with E-state index in [1.54, 1.807) is 31.5 Å². The third kappa shape index (κ3) is 4.20. The Hall–Kier alpha value is -2.82. The Kier molecular flexibility index (Phi) is 5.68. The maximum atomic E-state index is 13.0. The molecule has 0 spiro atoms. The molecule has 0 aromatic carbocycles. The lowest BCUT2D eigenvalue weighted by Crippen LogP contribution is -2.43. The summed E-state index contributed by atoms with van der Waals surface area (Å²) in [4.78, 5) is 24.5. The monoisotopic (exact) mass is 439 g/mol. The summed E-state index contributed by atoms with van der Waals surface area (Å²) in [6.07, 6.45) is -1.98. The molecule has 1 amide bonds. The minimum Gasteiger partial charge on any atom is -0.476 e. The van der Waals surface area contributed by atoms with Gasteiger partial charge in [-0.25, -0.2) is 15.0 Å². The number of aryl methyl sites for hydroxylation is 1. The number of carbonyl (C=O) groups excluding carboxylic acids is 1. The number of alkyl halides is 3. The van der Waals surface area contributed by atoms with Crippen molar-refractivity contribution in [3.8, 4) is 17.3 Å². The number of hydrogen-bond donors (Lipinski definition) is 1. The molecule has 2 N–H and O–H groups in total. The summed E-state index contributed by atoms with van der Waals surface area (Å²) in [5.41, 5.74) is 4.22. The molecule has 0 unspecified atom stereocenters. The van der Waals surface area contributed by atoms with E-state index in [9.17, 15) is 18.0 Å². The van der Waals surface area contributed by atoms with Crippen molar-refractivity contribution in [1.29, 1.82) is 0 Å². The van der Waals surface area contributed by atoms with Crippen molar-refractivity contribution >= 4 is 28.7 Å². The molecule has 11 heteroatoms. The van der Waals surface area contributed by atoms with Gasteiger partial charge in [0.2, 0.25) is 0 Å². The Balaban J connectivity index is 2.09. The minimum atomic E-state index is -4.56. The number of hydrogen-bond acceptors (Lipinski definition) is 6. The molecular weight excluding hydrogens is 419 g/mol. The first-order valence-corrected chi connectivity index (χ1v) is 9.94. The third-order valence-corrected chi connectivity index (χ3v) is 5.27. The number of ether oxygens (including phenoxy) is 1. The average Bonchev–Trinajstić information content (AvgIpc) is 2.97. The van der Waals surface area contributed by atoms with E-state index in [-0.39, 0.29) is 5.52 Å². The van der Waals surface area contributed by atoms with Gasteiger partial charge in [0.1, 0.15) is 17.1 Å². The highest BCUT2D eigenvalue weighted by Gasteiger charge is 2.33. The first kappa shape index (κ1) is 21.9. The number of nitrogens with two attached hydrogens (primary N) is 1. The van der Waals surface area contributed by atoms with Crippen molar-refractivity contribution in [2.45, 2.75) is 37.4 Å². The van der Waals surface area contributed by atoms with Crippen LogP contribution in [0.1, 0.15) is 26.5 Å². The molecule has 0 aliphatic carbocycles. The number of rotatable bonds is 6. The largest absolute Gasteiger partial charge is 0.476 e. The second kappa shape index (κ2) is 7.78. The fourth-order valence-electron chi connectivity index (χ4n) is 2.72. The molecule has 0 radical (unpaired) electrons. The first-order chi connectivity index (χ1) is 13.9. The number of aromatic nitrogens is 4. The van der Waals surface area contributed by atoms with Gasteiger partial charge in [-0.3, -0.25) is 4.79 Å². The molecule has 0 aliphatic rings. The zero-order valence-electron chi connectivity index (χ0n) is 16.7. The van der Waals surface area contributed by atoms with Gasteiger partial charge in [0, 0.05) is 11.9 Å². The van der Waals surface area contributed by atoms with Crippen LogP contribution in [0.3, 0.4) is 0 Å². The van der Waals surface area contributed by atoms with Crippen LogP contribution in [0.2, 0.25) is 0 Å². The van der Waals surface area contributed by atoms with Gasteiger partial charge in [-0.05, 0) is 31.7 Å². The number of nitrogens with zero attached hydrogens (tertiary/aromatic N) is 4. The molecular formula is C19H20F3N5O2S. The Morgan fingerprint density at radius 3 is 2.53 bits per heavy atom. The van der Waals surface area contributed by atoms with E-state index < -0.39 is 23.4 Å². The number of halogens is 3. The van der Waals surface area contributed by atoms with E-state index in [0.717, 1.165) is 12.3 Å². The van der Waals surface area contributed by atoms with Crippen LogP contribution in [-0.2, 0) is 18.0 Å². The first-order valence-electron chi connectivity index (χ1n) is 8.96. The molecule has 3 rings (SSSR count). The Labute approximate surface area is 174 Å². The molecule has 3 aromatic heterocycles.